The van der Waals surface area contributed by atoms with Crippen LogP contribution >= 0.6 is 7.92 Å². The molecule has 1 N–H and O–H groups in total. The summed E-state index contributed by atoms with van der Waals surface area (Å²) in [5, 5.41) is 13.3. The molecule has 3 rings (SSSR count). The molecule has 0 saturated carbocycles. The Hall–Kier alpha value is -2.77. The molecule has 3 aromatic rings. The summed E-state index contributed by atoms with van der Waals surface area (Å²) in [5.74, 6) is -0.903. The number of nitrogens with zero attached hydrogens (tertiary/aromatic N) is 1. The number of carboxylic acids is 1. The molecule has 3 nitrogen and oxygen atoms in total. The van der Waals surface area contributed by atoms with Gasteiger partial charge in [0.05, 0.1) is 0 Å². The Kier molecular flexibility index (Phi) is 6.61. The predicted octanol–water partition coefficient (Wildman–Crippen LogP) is 4.36. The minimum atomic E-state index is -0.903. The molecule has 0 bridgehead atoms. The van der Waals surface area contributed by atoms with Crippen LogP contribution in [0.1, 0.15) is 26.3 Å². The van der Waals surface area contributed by atoms with Crippen LogP contribution in [0.15, 0.2) is 89.9 Å². The van der Waals surface area contributed by atoms with Crippen LogP contribution in [0, 0.1) is 5.41 Å². The third kappa shape index (κ3) is 5.19. The van der Waals surface area contributed by atoms with Crippen LogP contribution in [-0.4, -0.2) is 23.3 Å². The highest BCUT2D eigenvalue weighted by molar-refractivity contribution is 7.80. The van der Waals surface area contributed by atoms with Crippen molar-refractivity contribution in [2.45, 2.75) is 26.8 Å². The first kappa shape index (κ1) is 21.0. The first-order valence-corrected chi connectivity index (χ1v) is 11.0. The highest BCUT2D eigenvalue weighted by atomic mass is 31.1. The van der Waals surface area contributed by atoms with Gasteiger partial charge in [0.25, 0.3) is 0 Å². The number of rotatable bonds is 6. The lowest BCUT2D eigenvalue weighted by molar-refractivity contribution is -0.140. The normalized spacial score (nSPS) is 13.0. The Morgan fingerprint density at radius 3 is 1.83 bits per heavy atom. The van der Waals surface area contributed by atoms with Gasteiger partial charge in [-0.2, -0.15) is 0 Å². The molecule has 0 aliphatic carbocycles. The van der Waals surface area contributed by atoms with Crippen molar-refractivity contribution in [1.82, 2.24) is 0 Å². The molecule has 0 aromatic heterocycles. The summed E-state index contributed by atoms with van der Waals surface area (Å²) in [6.45, 7) is 5.70. The fraction of sp³-hybridized carbons (Fsp3) is 0.200. The van der Waals surface area contributed by atoms with Crippen LogP contribution in [0.2, 0.25) is 0 Å². The van der Waals surface area contributed by atoms with Gasteiger partial charge >= 0.3 is 5.97 Å². The first-order chi connectivity index (χ1) is 13.9. The lowest BCUT2D eigenvalue weighted by atomic mass is 9.87. The van der Waals surface area contributed by atoms with E-state index in [0.29, 0.717) is 0 Å². The third-order valence-electron chi connectivity index (χ3n) is 4.62. The monoisotopic (exact) mass is 403 g/mol. The molecule has 0 spiro atoms. The summed E-state index contributed by atoms with van der Waals surface area (Å²) in [4.78, 5) is 16.2. The second-order valence-corrected chi connectivity index (χ2v) is 10.1. The third-order valence-corrected chi connectivity index (χ3v) is 7.14. The fourth-order valence-corrected chi connectivity index (χ4v) is 5.61. The van der Waals surface area contributed by atoms with E-state index in [1.165, 1.54) is 15.9 Å². The maximum absolute atomic E-state index is 11.7. The van der Waals surface area contributed by atoms with E-state index in [4.69, 9.17) is 0 Å². The van der Waals surface area contributed by atoms with Crippen molar-refractivity contribution in [3.63, 3.8) is 0 Å². The van der Waals surface area contributed by atoms with Crippen molar-refractivity contribution >= 4 is 36.0 Å². The smallest absolute Gasteiger partial charge is 0.328 e. The van der Waals surface area contributed by atoms with E-state index in [1.807, 2.05) is 51.1 Å². The molecular formula is C25H26NO2P. The molecule has 3 aromatic carbocycles. The van der Waals surface area contributed by atoms with E-state index in [2.05, 4.69) is 59.6 Å². The maximum Gasteiger partial charge on any atom is 0.328 e. The quantitative estimate of drug-likeness (QED) is 0.491. The molecule has 0 radical (unpaired) electrons. The van der Waals surface area contributed by atoms with Crippen LogP contribution in [0.25, 0.3) is 0 Å². The van der Waals surface area contributed by atoms with Crippen molar-refractivity contribution in [2.24, 2.45) is 10.4 Å². The summed E-state index contributed by atoms with van der Waals surface area (Å²) in [5.41, 5.74) is 0.503. The predicted molar refractivity (Wildman–Crippen MR) is 124 cm³/mol. The molecule has 0 aliphatic rings. The molecule has 0 aliphatic heterocycles. The van der Waals surface area contributed by atoms with Crippen molar-refractivity contribution < 1.29 is 9.90 Å². The number of hydrogen-bond acceptors (Lipinski definition) is 2. The SMILES string of the molecule is CC(C)(C)[C@@H](N=Cc1ccccc1P(c1ccccc1)c1ccccc1)C(=O)O. The van der Waals surface area contributed by atoms with Gasteiger partial charge in [-0.25, -0.2) is 4.79 Å². The first-order valence-electron chi connectivity index (χ1n) is 9.63. The van der Waals surface area contributed by atoms with Gasteiger partial charge in [-0.3, -0.25) is 4.99 Å². The number of hydrogen-bond donors (Lipinski definition) is 1. The van der Waals surface area contributed by atoms with E-state index < -0.39 is 25.3 Å². The molecule has 29 heavy (non-hydrogen) atoms. The molecule has 0 saturated heterocycles. The summed E-state index contributed by atoms with van der Waals surface area (Å²) in [7, 11) is -0.780. The van der Waals surface area contributed by atoms with Crippen LogP contribution in [0.5, 0.6) is 0 Å². The van der Waals surface area contributed by atoms with Crippen LogP contribution in [0.3, 0.4) is 0 Å². The minimum Gasteiger partial charge on any atom is -0.480 e. The van der Waals surface area contributed by atoms with E-state index in [-0.39, 0.29) is 0 Å². The molecule has 0 heterocycles. The number of aliphatic imine (C=N–C) groups is 1. The van der Waals surface area contributed by atoms with Crippen molar-refractivity contribution in [1.29, 1.82) is 0 Å². The van der Waals surface area contributed by atoms with Gasteiger partial charge in [0.1, 0.15) is 0 Å². The van der Waals surface area contributed by atoms with E-state index in [9.17, 15) is 9.90 Å². The Balaban J connectivity index is 2.10. The molecule has 0 unspecified atom stereocenters. The molecule has 4 heteroatoms. The van der Waals surface area contributed by atoms with Gasteiger partial charge in [-0.1, -0.05) is 106 Å². The minimum absolute atomic E-state index is 0.457. The lowest BCUT2D eigenvalue weighted by Crippen LogP contribution is -2.33. The van der Waals surface area contributed by atoms with Crippen molar-refractivity contribution in [3.05, 3.63) is 90.5 Å². The second kappa shape index (κ2) is 9.15. The van der Waals surface area contributed by atoms with Gasteiger partial charge in [0.15, 0.2) is 6.04 Å². The summed E-state index contributed by atoms with van der Waals surface area (Å²) >= 11 is 0. The average Bonchev–Trinajstić information content (AvgIpc) is 2.70. The molecular weight excluding hydrogens is 377 g/mol. The van der Waals surface area contributed by atoms with Crippen LogP contribution in [-0.2, 0) is 4.79 Å². The summed E-state index contributed by atoms with van der Waals surface area (Å²) in [6, 6.07) is 28.3. The average molecular weight is 403 g/mol. The summed E-state index contributed by atoms with van der Waals surface area (Å²) in [6.07, 6.45) is 1.74. The van der Waals surface area contributed by atoms with Crippen molar-refractivity contribution in [2.75, 3.05) is 0 Å². The number of carbonyl (C=O) groups is 1. The molecule has 0 amide bonds. The Bertz CT molecular complexity index is 939. The Labute approximate surface area is 173 Å². The summed E-state index contributed by atoms with van der Waals surface area (Å²) < 4.78 is 0. The topological polar surface area (TPSA) is 49.7 Å². The molecule has 1 atom stereocenters. The Morgan fingerprint density at radius 2 is 1.34 bits per heavy atom. The molecule has 148 valence electrons. The van der Waals surface area contributed by atoms with E-state index >= 15 is 0 Å². The Morgan fingerprint density at radius 1 is 0.862 bits per heavy atom. The standard InChI is InChI=1S/C25H26NO2P/c1-25(2,3)23(24(27)28)26-18-19-12-10-11-17-22(19)29(20-13-6-4-7-14-20)21-15-8-5-9-16-21/h4-18,23H,1-3H3,(H,27,28)/t23-/m0/s1. The van der Waals surface area contributed by atoms with Crippen LogP contribution in [0.4, 0.5) is 0 Å². The van der Waals surface area contributed by atoms with Gasteiger partial charge < -0.3 is 5.11 Å². The van der Waals surface area contributed by atoms with Crippen molar-refractivity contribution in [3.8, 4) is 0 Å². The number of benzene rings is 3. The van der Waals surface area contributed by atoms with Gasteiger partial charge in [0.2, 0.25) is 0 Å². The highest BCUT2D eigenvalue weighted by Gasteiger charge is 2.30. The lowest BCUT2D eigenvalue weighted by Gasteiger charge is -2.24. The van der Waals surface area contributed by atoms with Gasteiger partial charge in [-0.05, 0) is 29.3 Å². The zero-order valence-electron chi connectivity index (χ0n) is 17.0. The zero-order chi connectivity index (χ0) is 20.9. The maximum atomic E-state index is 11.7. The van der Waals surface area contributed by atoms with Crippen LogP contribution < -0.4 is 15.9 Å². The fourth-order valence-electron chi connectivity index (χ4n) is 3.19. The number of carboxylic acid groups (broad SMARTS) is 1. The van der Waals surface area contributed by atoms with E-state index in [1.54, 1.807) is 6.21 Å². The second-order valence-electron chi connectivity index (χ2n) is 7.95. The highest BCUT2D eigenvalue weighted by Crippen LogP contribution is 2.33. The zero-order valence-corrected chi connectivity index (χ0v) is 17.9. The van der Waals surface area contributed by atoms with Gasteiger partial charge in [-0.15, -0.1) is 0 Å². The largest absolute Gasteiger partial charge is 0.480 e. The molecule has 0 fully saturated rings. The van der Waals surface area contributed by atoms with E-state index in [0.717, 1.165) is 5.56 Å². The van der Waals surface area contributed by atoms with Gasteiger partial charge in [0, 0.05) is 11.8 Å². The number of aliphatic carboxylic acids is 1.